The Hall–Kier alpha value is -2.77. The van der Waals surface area contributed by atoms with Gasteiger partial charge in [-0.2, -0.15) is 0 Å². The van der Waals surface area contributed by atoms with Crippen molar-refractivity contribution in [3.8, 4) is 0 Å². The third-order valence-electron chi connectivity index (χ3n) is 4.52. The van der Waals surface area contributed by atoms with Gasteiger partial charge in [-0.15, -0.1) is 0 Å². The highest BCUT2D eigenvalue weighted by Gasteiger charge is 2.30. The van der Waals surface area contributed by atoms with Crippen LogP contribution in [-0.4, -0.2) is 35.2 Å². The van der Waals surface area contributed by atoms with Crippen molar-refractivity contribution in [2.24, 2.45) is 5.92 Å². The maximum atomic E-state index is 12.8. The van der Waals surface area contributed by atoms with Crippen molar-refractivity contribution in [3.63, 3.8) is 0 Å². The number of alkyl carbamates (subject to hydrolysis) is 1. The number of hydrogen-bond donors (Lipinski definition) is 3. The number of nitrogens with one attached hydrogen (secondary N) is 2. The second-order valence-corrected chi connectivity index (χ2v) is 8.05. The van der Waals surface area contributed by atoms with Gasteiger partial charge in [0.25, 0.3) is 0 Å². The van der Waals surface area contributed by atoms with Crippen molar-refractivity contribution in [2.75, 3.05) is 0 Å². The number of rotatable bonds is 9. The van der Waals surface area contributed by atoms with Crippen LogP contribution in [0.5, 0.6) is 0 Å². The number of carboxylic acids is 1. The largest absolute Gasteiger partial charge is 0.480 e. The highest BCUT2D eigenvalue weighted by molar-refractivity contribution is 6.36. The Morgan fingerprint density at radius 3 is 2.13 bits per heavy atom. The summed E-state index contributed by atoms with van der Waals surface area (Å²) in [7, 11) is 0. The minimum Gasteiger partial charge on any atom is -0.480 e. The Bertz CT molecular complexity index is 901. The molecule has 2 rings (SSSR count). The van der Waals surface area contributed by atoms with Crippen molar-refractivity contribution in [1.29, 1.82) is 0 Å². The fourth-order valence-corrected chi connectivity index (χ4v) is 3.37. The van der Waals surface area contributed by atoms with E-state index < -0.39 is 30.1 Å². The molecular weight excluding hydrogens is 443 g/mol. The lowest BCUT2D eigenvalue weighted by Gasteiger charge is -2.24. The van der Waals surface area contributed by atoms with E-state index in [0.29, 0.717) is 15.6 Å². The Morgan fingerprint density at radius 1 is 0.968 bits per heavy atom. The van der Waals surface area contributed by atoms with Crippen LogP contribution >= 0.6 is 23.2 Å². The molecule has 0 bridgehead atoms. The number of benzene rings is 2. The van der Waals surface area contributed by atoms with E-state index in [1.807, 2.05) is 18.2 Å². The fourth-order valence-electron chi connectivity index (χ4n) is 2.82. The quantitative estimate of drug-likeness (QED) is 0.516. The number of halogens is 2. The van der Waals surface area contributed by atoms with Crippen LogP contribution in [0.15, 0.2) is 48.5 Å². The van der Waals surface area contributed by atoms with Crippen LogP contribution < -0.4 is 10.6 Å². The Morgan fingerprint density at radius 2 is 1.58 bits per heavy atom. The highest BCUT2D eigenvalue weighted by Crippen LogP contribution is 2.25. The van der Waals surface area contributed by atoms with Crippen molar-refractivity contribution in [3.05, 3.63) is 69.7 Å². The summed E-state index contributed by atoms with van der Waals surface area (Å²) in [6, 6.07) is 11.6. The molecule has 0 heterocycles. The normalized spacial score (nSPS) is 12.7. The predicted molar refractivity (Wildman–Crippen MR) is 118 cm³/mol. The van der Waals surface area contributed by atoms with Gasteiger partial charge in [0.2, 0.25) is 5.91 Å². The SMILES string of the molecule is CC(C)[C@H](NC(=O)OCc1ccccc1)C(=O)N[C@H](Cc1c(Cl)cccc1Cl)C(=O)O. The molecule has 0 spiro atoms. The van der Waals surface area contributed by atoms with E-state index in [0.717, 1.165) is 5.56 Å². The van der Waals surface area contributed by atoms with Crippen LogP contribution in [0.4, 0.5) is 4.79 Å². The van der Waals surface area contributed by atoms with Crippen LogP contribution in [0.3, 0.4) is 0 Å². The third kappa shape index (κ3) is 7.45. The molecule has 31 heavy (non-hydrogen) atoms. The Labute approximate surface area is 190 Å². The lowest BCUT2D eigenvalue weighted by atomic mass is 10.0. The topological polar surface area (TPSA) is 105 Å². The van der Waals surface area contributed by atoms with Crippen molar-refractivity contribution >= 4 is 41.2 Å². The van der Waals surface area contributed by atoms with Gasteiger partial charge < -0.3 is 20.5 Å². The molecule has 3 N–H and O–H groups in total. The van der Waals surface area contributed by atoms with Gasteiger partial charge in [-0.1, -0.05) is 73.4 Å². The van der Waals surface area contributed by atoms with Gasteiger partial charge in [0.05, 0.1) is 0 Å². The maximum Gasteiger partial charge on any atom is 0.408 e. The van der Waals surface area contributed by atoms with Crippen LogP contribution in [0.25, 0.3) is 0 Å². The molecule has 9 heteroatoms. The molecule has 0 aliphatic heterocycles. The van der Waals surface area contributed by atoms with Crippen LogP contribution in [-0.2, 0) is 27.4 Å². The summed E-state index contributed by atoms with van der Waals surface area (Å²) in [5.74, 6) is -2.22. The molecule has 0 aromatic heterocycles. The minimum atomic E-state index is -1.28. The second kappa shape index (κ2) is 11.6. The van der Waals surface area contributed by atoms with E-state index in [1.54, 1.807) is 44.2 Å². The molecule has 2 atom stereocenters. The average Bonchev–Trinajstić information content (AvgIpc) is 2.72. The first-order valence-corrected chi connectivity index (χ1v) is 10.4. The standard InChI is InChI=1S/C22H24Cl2N2O5/c1-13(2)19(26-22(30)31-12-14-7-4-3-5-8-14)20(27)25-18(21(28)29)11-15-16(23)9-6-10-17(15)24/h3-10,13,18-19H,11-12H2,1-2H3,(H,25,27)(H,26,30)(H,28,29)/t18-,19+/m1/s1. The van der Waals surface area contributed by atoms with E-state index in [9.17, 15) is 19.5 Å². The lowest BCUT2D eigenvalue weighted by molar-refractivity contribution is -0.142. The van der Waals surface area contributed by atoms with Gasteiger partial charge in [0, 0.05) is 16.5 Å². The zero-order valence-electron chi connectivity index (χ0n) is 17.1. The monoisotopic (exact) mass is 466 g/mol. The molecule has 0 aliphatic carbocycles. The summed E-state index contributed by atoms with van der Waals surface area (Å²) in [5, 5.41) is 15.1. The number of ether oxygens (including phenoxy) is 1. The number of carboxylic acid groups (broad SMARTS) is 1. The molecule has 2 aromatic rings. The van der Waals surface area contributed by atoms with E-state index in [1.165, 1.54) is 0 Å². The third-order valence-corrected chi connectivity index (χ3v) is 5.23. The van der Waals surface area contributed by atoms with Crippen molar-refractivity contribution < 1.29 is 24.2 Å². The summed E-state index contributed by atoms with van der Waals surface area (Å²) in [6.45, 7) is 3.49. The number of hydrogen-bond acceptors (Lipinski definition) is 4. The smallest absolute Gasteiger partial charge is 0.408 e. The van der Waals surface area contributed by atoms with Gasteiger partial charge in [-0.3, -0.25) is 4.79 Å². The number of amides is 2. The minimum absolute atomic E-state index is 0.0435. The van der Waals surface area contributed by atoms with Gasteiger partial charge in [-0.05, 0) is 29.2 Å². The first-order chi connectivity index (χ1) is 14.7. The van der Waals surface area contributed by atoms with E-state index in [4.69, 9.17) is 27.9 Å². The van der Waals surface area contributed by atoms with Crippen LogP contribution in [0.1, 0.15) is 25.0 Å². The van der Waals surface area contributed by atoms with E-state index in [-0.39, 0.29) is 18.9 Å². The molecule has 0 radical (unpaired) electrons. The summed E-state index contributed by atoms with van der Waals surface area (Å²) < 4.78 is 5.16. The van der Waals surface area contributed by atoms with Crippen molar-refractivity contribution in [2.45, 2.75) is 39.0 Å². The van der Waals surface area contributed by atoms with E-state index in [2.05, 4.69) is 10.6 Å². The molecule has 0 saturated heterocycles. The Kier molecular flexibility index (Phi) is 9.15. The van der Waals surface area contributed by atoms with Gasteiger partial charge >= 0.3 is 12.1 Å². The van der Waals surface area contributed by atoms with E-state index >= 15 is 0 Å². The molecule has 0 saturated carbocycles. The van der Waals surface area contributed by atoms with Gasteiger partial charge in [0.15, 0.2) is 0 Å². The summed E-state index contributed by atoms with van der Waals surface area (Å²) in [4.78, 5) is 36.7. The first kappa shape index (κ1) is 24.5. The molecule has 0 fully saturated rings. The van der Waals surface area contributed by atoms with Crippen molar-refractivity contribution in [1.82, 2.24) is 10.6 Å². The van der Waals surface area contributed by atoms with Crippen LogP contribution in [0, 0.1) is 5.92 Å². The molecule has 2 amide bonds. The number of aliphatic carboxylic acids is 1. The molecular formula is C22H24Cl2N2O5. The van der Waals surface area contributed by atoms with Gasteiger partial charge in [-0.25, -0.2) is 9.59 Å². The molecule has 7 nitrogen and oxygen atoms in total. The molecule has 166 valence electrons. The first-order valence-electron chi connectivity index (χ1n) is 9.62. The summed E-state index contributed by atoms with van der Waals surface area (Å²) >= 11 is 12.2. The molecule has 2 aromatic carbocycles. The average molecular weight is 467 g/mol. The maximum absolute atomic E-state index is 12.8. The Balaban J connectivity index is 2.03. The zero-order valence-corrected chi connectivity index (χ0v) is 18.6. The zero-order chi connectivity index (χ0) is 23.0. The molecule has 0 aliphatic rings. The second-order valence-electron chi connectivity index (χ2n) is 7.23. The fraction of sp³-hybridized carbons (Fsp3) is 0.318. The summed E-state index contributed by atoms with van der Waals surface area (Å²) in [5.41, 5.74) is 1.21. The number of carbonyl (C=O) groups excluding carboxylic acids is 2. The lowest BCUT2D eigenvalue weighted by Crippen LogP contribution is -2.54. The van der Waals surface area contributed by atoms with Gasteiger partial charge in [0.1, 0.15) is 18.7 Å². The number of carbonyl (C=O) groups is 3. The highest BCUT2D eigenvalue weighted by atomic mass is 35.5. The summed E-state index contributed by atoms with van der Waals surface area (Å²) in [6.07, 6.45) is -0.887. The predicted octanol–water partition coefficient (Wildman–Crippen LogP) is 4.06. The molecule has 0 unspecified atom stereocenters. The van der Waals surface area contributed by atoms with Crippen LogP contribution in [0.2, 0.25) is 10.0 Å².